The van der Waals surface area contributed by atoms with Crippen molar-refractivity contribution >= 4 is 59.2 Å². The van der Waals surface area contributed by atoms with Crippen LogP contribution < -0.4 is 0 Å². The summed E-state index contributed by atoms with van der Waals surface area (Å²) >= 11 is 0. The molecule has 1 N–H and O–H groups in total. The highest BCUT2D eigenvalue weighted by Gasteiger charge is 2.65. The Morgan fingerprint density at radius 1 is 0.615 bits per heavy atom. The van der Waals surface area contributed by atoms with E-state index < -0.39 is 7.60 Å². The van der Waals surface area contributed by atoms with Crippen molar-refractivity contribution in [3.8, 4) is 0 Å². The maximum absolute atomic E-state index is 11.6. The minimum absolute atomic E-state index is 0. The van der Waals surface area contributed by atoms with Gasteiger partial charge < -0.3 is 51.6 Å². The molecule has 8 rings (SSSR count). The second kappa shape index (κ2) is 42.2. The number of hydrogen-bond donors (Lipinski definition) is 1. The molecule has 4 aliphatic rings. The molecule has 4 fully saturated rings. The SMILES string of the molecule is B[N@+]12CCC[C@H]1C(c1ccccc1)(c1ccccc1)OB2C.CB1OC(c2ccccc2)(c2ccccc2)[C@@H]2CCCN12.CCOC(=O)CCCC(C)=O.CCOC(=O)CCCC(C)C.CCOC(=O)CCC[C@@H](C)O.COP(=O)(CC(=O)CCCC(C)C)OC.[HH]. The van der Waals surface area contributed by atoms with E-state index in [1.54, 1.807) is 20.8 Å². The van der Waals surface area contributed by atoms with E-state index in [1.807, 2.05) is 6.92 Å². The highest BCUT2D eigenvalue weighted by molar-refractivity contribution is 7.54. The molecule has 0 spiro atoms. The zero-order valence-corrected chi connectivity index (χ0v) is 58.6. The molecule has 0 aromatic heterocycles. The van der Waals surface area contributed by atoms with Crippen molar-refractivity contribution in [1.82, 2.24) is 4.81 Å². The zero-order valence-electron chi connectivity index (χ0n) is 57.7. The largest absolute Gasteiger partial charge is 0.550 e. The van der Waals surface area contributed by atoms with Crippen LogP contribution in [0.1, 0.15) is 189 Å². The van der Waals surface area contributed by atoms with Crippen LogP contribution in [0.2, 0.25) is 13.6 Å². The number of carbonyl (C=O) groups is 5. The number of carbonyl (C=O) groups excluding carboxylic acids is 5. The van der Waals surface area contributed by atoms with E-state index in [4.69, 9.17) is 32.9 Å². The van der Waals surface area contributed by atoms with Crippen LogP contribution in [0.5, 0.6) is 0 Å². The van der Waals surface area contributed by atoms with Crippen LogP contribution in [-0.4, -0.2) is 137 Å². The Morgan fingerprint density at radius 3 is 1.42 bits per heavy atom. The molecule has 20 heteroatoms. The molecule has 4 aliphatic heterocycles. The molecule has 4 atom stereocenters. The van der Waals surface area contributed by atoms with Gasteiger partial charge in [-0.05, 0) is 133 Å². The minimum atomic E-state index is -3.15. The van der Waals surface area contributed by atoms with Crippen LogP contribution in [0.4, 0.5) is 0 Å². The number of nitrogens with zero attached hydrogens (tertiary/aromatic N) is 2. The molecular weight excluding hydrogens is 1170 g/mol. The predicted molar refractivity (Wildman–Crippen MR) is 370 cm³/mol. The lowest BCUT2D eigenvalue weighted by molar-refractivity contribution is -0.716. The summed E-state index contributed by atoms with van der Waals surface area (Å²) in [6, 6.07) is 44.0. The molecule has 4 heterocycles. The summed E-state index contributed by atoms with van der Waals surface area (Å²) in [4.78, 5) is 56.6. The molecule has 504 valence electrons. The molecule has 16 nitrogen and oxygen atoms in total. The van der Waals surface area contributed by atoms with Crippen molar-refractivity contribution in [3.63, 3.8) is 0 Å². The van der Waals surface area contributed by atoms with Gasteiger partial charge in [-0.2, -0.15) is 0 Å². The summed E-state index contributed by atoms with van der Waals surface area (Å²) in [5, 5.41) is 8.84. The number of ketones is 2. The lowest BCUT2D eigenvalue weighted by Gasteiger charge is -2.39. The summed E-state index contributed by atoms with van der Waals surface area (Å²) in [5.74, 6) is 0.894. The number of ether oxygens (including phenoxy) is 3. The number of hydrogen-bond acceptors (Lipinski definition) is 15. The smallest absolute Gasteiger partial charge is 0.466 e. The normalized spacial score (nSPS) is 18.6. The van der Waals surface area contributed by atoms with Crippen LogP contribution in [0, 0.1) is 11.8 Å². The molecule has 0 saturated carbocycles. The van der Waals surface area contributed by atoms with Crippen LogP contribution in [0.15, 0.2) is 121 Å². The fraction of sp³-hybridized carbons (Fsp3) is 0.592. The van der Waals surface area contributed by atoms with Gasteiger partial charge in [0, 0.05) is 73.6 Å². The molecular formula is C71H113B3N2O14P+. The monoisotopic (exact) mass is 1280 g/mol. The van der Waals surface area contributed by atoms with Crippen LogP contribution >= 0.6 is 7.60 Å². The topological polar surface area (TPSA) is 190 Å². The van der Waals surface area contributed by atoms with Gasteiger partial charge in [0.2, 0.25) is 0 Å². The van der Waals surface area contributed by atoms with Crippen molar-refractivity contribution in [2.24, 2.45) is 11.8 Å². The molecule has 91 heavy (non-hydrogen) atoms. The number of fused-ring (bicyclic) bond motifs is 2. The average molecular weight is 1280 g/mol. The highest BCUT2D eigenvalue weighted by atomic mass is 31.2. The highest BCUT2D eigenvalue weighted by Crippen LogP contribution is 2.52. The molecule has 4 saturated heterocycles. The van der Waals surface area contributed by atoms with E-state index in [9.17, 15) is 28.5 Å². The van der Waals surface area contributed by atoms with Crippen molar-refractivity contribution in [3.05, 3.63) is 144 Å². The molecule has 0 radical (unpaired) electrons. The van der Waals surface area contributed by atoms with Gasteiger partial charge in [-0.1, -0.05) is 162 Å². The second-order valence-corrected chi connectivity index (χ2v) is 27.2. The summed E-state index contributed by atoms with van der Waals surface area (Å²) in [7, 11) is 2.22. The summed E-state index contributed by atoms with van der Waals surface area (Å²) in [6.07, 6.45) is 12.7. The van der Waals surface area contributed by atoms with Crippen molar-refractivity contribution < 1.29 is 71.9 Å². The van der Waals surface area contributed by atoms with Crippen LogP contribution in [-0.2, 0) is 72.3 Å². The van der Waals surface area contributed by atoms with Gasteiger partial charge in [-0.25, -0.2) is 0 Å². The fourth-order valence-corrected chi connectivity index (χ4v) is 13.4. The Bertz CT molecular complexity index is 2640. The Hall–Kier alpha value is -5.23. The zero-order chi connectivity index (χ0) is 67.5. The maximum atomic E-state index is 11.6. The van der Waals surface area contributed by atoms with Crippen molar-refractivity contribution in [2.45, 2.75) is 208 Å². The van der Waals surface area contributed by atoms with E-state index in [0.717, 1.165) is 36.5 Å². The Morgan fingerprint density at radius 2 is 1.02 bits per heavy atom. The molecule has 0 unspecified atom stereocenters. The van der Waals surface area contributed by atoms with Gasteiger partial charge in [0.1, 0.15) is 23.3 Å². The molecule has 0 bridgehead atoms. The van der Waals surface area contributed by atoms with Gasteiger partial charge in [0.25, 0.3) is 0 Å². The Kier molecular flexibility index (Phi) is 37.1. The number of esters is 3. The first kappa shape index (κ1) is 80.0. The molecule has 4 aromatic rings. The first-order valence-corrected chi connectivity index (χ1v) is 35.2. The van der Waals surface area contributed by atoms with E-state index in [2.05, 4.69) is 180 Å². The molecule has 0 amide bonds. The van der Waals surface area contributed by atoms with E-state index >= 15 is 0 Å². The van der Waals surface area contributed by atoms with Gasteiger partial charge in [0.15, 0.2) is 5.60 Å². The third-order valence-corrected chi connectivity index (χ3v) is 18.9. The van der Waals surface area contributed by atoms with Gasteiger partial charge in [0.05, 0.1) is 32.0 Å². The summed E-state index contributed by atoms with van der Waals surface area (Å²) in [5.41, 5.74) is 4.50. The van der Waals surface area contributed by atoms with Crippen LogP contribution in [0.25, 0.3) is 0 Å². The van der Waals surface area contributed by atoms with Crippen molar-refractivity contribution in [2.75, 3.05) is 53.3 Å². The molecule has 4 aromatic carbocycles. The number of benzene rings is 4. The quantitative estimate of drug-likeness (QED) is 0.0257. The lowest BCUT2D eigenvalue weighted by Crippen LogP contribution is -2.55. The third-order valence-electron chi connectivity index (χ3n) is 17.0. The predicted octanol–water partition coefficient (Wildman–Crippen LogP) is 14.0. The van der Waals surface area contributed by atoms with Gasteiger partial charge >= 0.3 is 47.6 Å². The first-order chi connectivity index (χ1) is 43.4. The number of quaternary nitrogens is 1. The number of aliphatic hydroxyl groups is 1. The van der Waals surface area contributed by atoms with Crippen molar-refractivity contribution in [1.29, 1.82) is 0 Å². The fourth-order valence-electron chi connectivity index (χ4n) is 12.4. The van der Waals surface area contributed by atoms with E-state index in [0.29, 0.717) is 95.1 Å². The number of Topliss-reactive ketones (excluding diaryl/α,β-unsaturated/α-hetero) is 2. The summed E-state index contributed by atoms with van der Waals surface area (Å²) in [6.45, 7) is 25.3. The van der Waals surface area contributed by atoms with E-state index in [1.165, 1.54) is 75.6 Å². The lowest BCUT2D eigenvalue weighted by atomic mass is 9.75. The second-order valence-electron chi connectivity index (χ2n) is 25.0. The van der Waals surface area contributed by atoms with Gasteiger partial charge in [-0.3, -0.25) is 23.7 Å². The van der Waals surface area contributed by atoms with E-state index in [-0.39, 0.29) is 68.5 Å². The van der Waals surface area contributed by atoms with Crippen LogP contribution in [0.3, 0.4) is 0 Å². The Balaban J connectivity index is 0.000000387. The Labute approximate surface area is 550 Å². The number of aliphatic hydroxyl groups excluding tert-OH is 1. The average Bonchev–Trinajstić information content (AvgIpc) is 1.55. The maximum Gasteiger partial charge on any atom is 0.550 e. The third kappa shape index (κ3) is 25.9. The standard InChI is InChI=1S/C18H22B2NO.C18H20BNO.C10H21O4P.C9H18O2.C8H16O3.C8H14O3.H2/c1-20-21(19)14-8-13-17(21)18(22-20,15-9-4-2-5-10-15)16-11-6-3-7-12-16;1-19-20-14-8-13-17(20)18(21-19,15-9-4-2-5-10-15)16-11-6-3-7-12-16;1-9(2)6-5-7-10(11)8-15(12,13-3)14-4;1-4-11-9(10)7-5-6-8(2)3;2*1-3-11-8(10)6-4-5-7(2)9;/h2-7,9-12,17H,8,13-14,19H2,1H3;2-7,9-12,17H,8,13-14H2,1H3;9H,5-8H2,1-4H3;8H,4-7H2,1-3H3;7,9H,3-6H2,1-2H3;3-6H2,1-2H3;1H/q+1;;;;;;/t17-,21-;17-;;;7-;;/m00..1../s1. The molecule has 0 aliphatic carbocycles. The number of rotatable bonds is 27. The first-order valence-electron chi connectivity index (χ1n) is 33.5. The minimum Gasteiger partial charge on any atom is -0.466 e. The van der Waals surface area contributed by atoms with Gasteiger partial charge in [-0.15, -0.1) is 0 Å². The summed E-state index contributed by atoms with van der Waals surface area (Å²) < 4.78 is 49.6.